The summed E-state index contributed by atoms with van der Waals surface area (Å²) < 4.78 is 15.7. The maximum absolute atomic E-state index is 12.1. The van der Waals surface area contributed by atoms with Crippen LogP contribution in [0, 0.1) is 0 Å². The number of hydrogen-bond acceptors (Lipinski definition) is 6. The molecule has 0 fully saturated rings. The van der Waals surface area contributed by atoms with Crippen LogP contribution < -0.4 is 5.32 Å². The van der Waals surface area contributed by atoms with Gasteiger partial charge in [0.2, 0.25) is 5.76 Å². The highest BCUT2D eigenvalue weighted by atomic mass is 35.5. The van der Waals surface area contributed by atoms with Crippen LogP contribution in [0.1, 0.15) is 16.2 Å². The van der Waals surface area contributed by atoms with Gasteiger partial charge < -0.3 is 13.9 Å². The van der Waals surface area contributed by atoms with E-state index in [1.165, 1.54) is 18.4 Å². The van der Waals surface area contributed by atoms with Crippen LogP contribution in [0.2, 0.25) is 10.0 Å². The lowest BCUT2D eigenvalue weighted by molar-refractivity contribution is 0.102. The molecule has 0 aliphatic carbocycles. The Hall–Kier alpha value is -2.25. The van der Waals surface area contributed by atoms with Crippen molar-refractivity contribution in [1.82, 2.24) is 10.2 Å². The van der Waals surface area contributed by atoms with Crippen molar-refractivity contribution in [3.05, 3.63) is 46.0 Å². The van der Waals surface area contributed by atoms with Crippen molar-refractivity contribution in [2.24, 2.45) is 0 Å². The average Bonchev–Trinajstić information content (AvgIpc) is 2.99. The highest BCUT2D eigenvalue weighted by Gasteiger charge is 2.18. The summed E-state index contributed by atoms with van der Waals surface area (Å²) in [6.07, 6.45) is 1.37. The van der Waals surface area contributed by atoms with Gasteiger partial charge in [-0.1, -0.05) is 28.3 Å². The number of rotatable bonds is 3. The fourth-order valence-electron chi connectivity index (χ4n) is 1.69. The number of amides is 1. The second-order valence-electron chi connectivity index (χ2n) is 4.19. The molecule has 1 N–H and O–H groups in total. The molecule has 2 heterocycles. The molecule has 0 radical (unpaired) electrons. The van der Waals surface area contributed by atoms with Crippen LogP contribution in [-0.2, 0) is 9.47 Å². The van der Waals surface area contributed by atoms with E-state index in [1.54, 1.807) is 6.07 Å². The molecule has 0 saturated carbocycles. The van der Waals surface area contributed by atoms with Crippen molar-refractivity contribution in [1.29, 1.82) is 0 Å². The lowest BCUT2D eigenvalue weighted by atomic mass is 10.2. The van der Waals surface area contributed by atoms with Gasteiger partial charge >= 0.3 is 6.01 Å². The molecular formula is C13H9Cl2N3O4. The molecule has 1 amide bonds. The third-order valence-electron chi connectivity index (χ3n) is 2.68. The van der Waals surface area contributed by atoms with Gasteiger partial charge in [0, 0.05) is 5.02 Å². The largest absolute Gasteiger partial charge is 0.494 e. The van der Waals surface area contributed by atoms with Crippen molar-refractivity contribution >= 4 is 40.9 Å². The number of nitrogens with one attached hydrogen (secondary N) is 1. The predicted octanol–water partition coefficient (Wildman–Crippen LogP) is 2.97. The van der Waals surface area contributed by atoms with Crippen molar-refractivity contribution in [2.45, 2.75) is 0 Å². The fourth-order valence-corrected chi connectivity index (χ4v) is 2.07. The number of halogens is 2. The number of carbonyl (C=O) groups excluding carboxylic acids is 1. The lowest BCUT2D eigenvalue weighted by Crippen LogP contribution is -2.12. The molecule has 0 unspecified atom stereocenters. The summed E-state index contributed by atoms with van der Waals surface area (Å²) in [7, 11) is 0. The van der Waals surface area contributed by atoms with Gasteiger partial charge in [-0.15, -0.1) is 5.10 Å². The number of benzene rings is 1. The van der Waals surface area contributed by atoms with E-state index in [1.807, 2.05) is 0 Å². The zero-order chi connectivity index (χ0) is 15.5. The van der Waals surface area contributed by atoms with Crippen LogP contribution in [0.25, 0.3) is 5.76 Å². The van der Waals surface area contributed by atoms with E-state index in [9.17, 15) is 4.79 Å². The summed E-state index contributed by atoms with van der Waals surface area (Å²) in [5.41, 5.74) is 0.199. The Labute approximate surface area is 134 Å². The van der Waals surface area contributed by atoms with Gasteiger partial charge in [-0.05, 0) is 18.2 Å². The topological polar surface area (TPSA) is 86.5 Å². The number of anilines is 1. The summed E-state index contributed by atoms with van der Waals surface area (Å²) in [4.78, 5) is 12.1. The van der Waals surface area contributed by atoms with Crippen LogP contribution in [0.15, 0.2) is 28.9 Å². The third kappa shape index (κ3) is 3.15. The number of carbonyl (C=O) groups is 1. The van der Waals surface area contributed by atoms with Crippen LogP contribution in [0.4, 0.5) is 6.01 Å². The van der Waals surface area contributed by atoms with Crippen LogP contribution in [-0.4, -0.2) is 29.3 Å². The minimum Gasteiger partial charge on any atom is -0.494 e. The molecule has 1 aliphatic rings. The number of aromatic nitrogens is 2. The maximum Gasteiger partial charge on any atom is 0.322 e. The molecule has 7 nitrogen and oxygen atoms in total. The number of hydrogen-bond donors (Lipinski definition) is 1. The zero-order valence-corrected chi connectivity index (χ0v) is 12.5. The SMILES string of the molecule is O=C(Nc1nnc(C2=COCCO2)o1)c1cc(Cl)ccc1Cl. The van der Waals surface area contributed by atoms with E-state index in [4.69, 9.17) is 37.1 Å². The highest BCUT2D eigenvalue weighted by Crippen LogP contribution is 2.23. The van der Waals surface area contributed by atoms with E-state index in [-0.39, 0.29) is 22.5 Å². The molecule has 1 aromatic heterocycles. The Morgan fingerprint density at radius 1 is 1.23 bits per heavy atom. The van der Waals surface area contributed by atoms with E-state index >= 15 is 0 Å². The molecule has 1 aromatic carbocycles. The van der Waals surface area contributed by atoms with Crippen molar-refractivity contribution < 1.29 is 18.7 Å². The molecule has 1 aliphatic heterocycles. The lowest BCUT2D eigenvalue weighted by Gasteiger charge is -2.11. The quantitative estimate of drug-likeness (QED) is 0.923. The summed E-state index contributed by atoms with van der Waals surface area (Å²) in [5.74, 6) is -0.107. The molecule has 0 saturated heterocycles. The third-order valence-corrected chi connectivity index (χ3v) is 3.24. The summed E-state index contributed by atoms with van der Waals surface area (Å²) in [6.45, 7) is 0.836. The molecular weight excluding hydrogens is 333 g/mol. The van der Waals surface area contributed by atoms with Crippen molar-refractivity contribution in [3.8, 4) is 0 Å². The first-order chi connectivity index (χ1) is 10.6. The normalized spacial score (nSPS) is 13.8. The Kier molecular flexibility index (Phi) is 4.17. The highest BCUT2D eigenvalue weighted by molar-refractivity contribution is 6.36. The zero-order valence-electron chi connectivity index (χ0n) is 11.0. The number of ether oxygens (including phenoxy) is 2. The molecule has 2 aromatic rings. The second-order valence-corrected chi connectivity index (χ2v) is 5.04. The van der Waals surface area contributed by atoms with E-state index in [0.717, 1.165) is 0 Å². The first-order valence-electron chi connectivity index (χ1n) is 6.18. The van der Waals surface area contributed by atoms with Gasteiger partial charge in [-0.25, -0.2) is 0 Å². The Bertz CT molecular complexity index is 745. The summed E-state index contributed by atoms with van der Waals surface area (Å²) >= 11 is 11.8. The van der Waals surface area contributed by atoms with Crippen LogP contribution in [0.3, 0.4) is 0 Å². The van der Waals surface area contributed by atoms with E-state index in [2.05, 4.69) is 15.5 Å². The summed E-state index contributed by atoms with van der Waals surface area (Å²) in [5, 5.41) is 10.6. The predicted molar refractivity (Wildman–Crippen MR) is 78.6 cm³/mol. The maximum atomic E-state index is 12.1. The van der Waals surface area contributed by atoms with Gasteiger partial charge in [0.05, 0.1) is 10.6 Å². The number of nitrogens with zero attached hydrogens (tertiary/aromatic N) is 2. The first-order valence-corrected chi connectivity index (χ1v) is 6.94. The minimum absolute atomic E-state index is 0.0916. The monoisotopic (exact) mass is 341 g/mol. The van der Waals surface area contributed by atoms with Gasteiger partial charge in [-0.3, -0.25) is 10.1 Å². The second kappa shape index (κ2) is 6.25. The van der Waals surface area contributed by atoms with Gasteiger partial charge in [-0.2, -0.15) is 0 Å². The Morgan fingerprint density at radius 2 is 2.09 bits per heavy atom. The van der Waals surface area contributed by atoms with Crippen molar-refractivity contribution in [3.63, 3.8) is 0 Å². The van der Waals surface area contributed by atoms with Gasteiger partial charge in [0.25, 0.3) is 11.8 Å². The van der Waals surface area contributed by atoms with Gasteiger partial charge in [0.1, 0.15) is 19.5 Å². The molecule has 0 atom stereocenters. The minimum atomic E-state index is -0.516. The molecule has 3 rings (SSSR count). The molecule has 0 bridgehead atoms. The smallest absolute Gasteiger partial charge is 0.322 e. The summed E-state index contributed by atoms with van der Waals surface area (Å²) in [6, 6.07) is 4.46. The van der Waals surface area contributed by atoms with E-state index < -0.39 is 5.91 Å². The van der Waals surface area contributed by atoms with Crippen LogP contribution in [0.5, 0.6) is 0 Å². The van der Waals surface area contributed by atoms with E-state index in [0.29, 0.717) is 24.0 Å². The molecule has 9 heteroatoms. The Morgan fingerprint density at radius 3 is 2.86 bits per heavy atom. The average molecular weight is 342 g/mol. The first kappa shape index (κ1) is 14.7. The fraction of sp³-hybridized carbons (Fsp3) is 0.154. The molecule has 22 heavy (non-hydrogen) atoms. The standard InChI is InChI=1S/C13H9Cl2N3O4/c14-7-1-2-9(15)8(5-7)11(19)16-13-18-17-12(22-13)10-6-20-3-4-21-10/h1-2,5-6H,3-4H2,(H,16,18,19). The molecule has 0 spiro atoms. The van der Waals surface area contributed by atoms with Crippen molar-refractivity contribution in [2.75, 3.05) is 18.5 Å². The Balaban J connectivity index is 1.76. The van der Waals surface area contributed by atoms with Gasteiger partial charge in [0.15, 0.2) is 0 Å². The molecule has 114 valence electrons. The van der Waals surface area contributed by atoms with Crippen LogP contribution >= 0.6 is 23.2 Å².